The van der Waals surface area contributed by atoms with E-state index in [-0.39, 0.29) is 35.3 Å². The summed E-state index contributed by atoms with van der Waals surface area (Å²) in [7, 11) is -2.38. The summed E-state index contributed by atoms with van der Waals surface area (Å²) in [6.07, 6.45) is -4.52. The molecule has 182 valence electrons. The number of hydrogen-bond acceptors (Lipinski definition) is 7. The lowest BCUT2D eigenvalue weighted by Gasteiger charge is -2.11. The van der Waals surface area contributed by atoms with Crippen LogP contribution in [0, 0.1) is 6.92 Å². The van der Waals surface area contributed by atoms with Crippen molar-refractivity contribution in [2.75, 3.05) is 13.2 Å². The van der Waals surface area contributed by atoms with E-state index in [1.807, 2.05) is 0 Å². The van der Waals surface area contributed by atoms with E-state index in [4.69, 9.17) is 9.47 Å². The molecule has 0 unspecified atom stereocenters. The highest BCUT2D eigenvalue weighted by Gasteiger charge is 2.31. The van der Waals surface area contributed by atoms with Crippen LogP contribution in [0.2, 0.25) is 0 Å². The molecule has 0 aliphatic rings. The molecule has 2 aromatic carbocycles. The SMILES string of the molecule is CCOC(=O)COc1ccc(S(=O)(=O)Cc2nnc(-c3cccc(C(F)(F)F)c3)n2C)cc1C. The number of rotatable bonds is 8. The molecule has 0 fully saturated rings. The first-order valence-corrected chi connectivity index (χ1v) is 11.8. The second-order valence-corrected chi connectivity index (χ2v) is 9.35. The molecule has 0 saturated carbocycles. The van der Waals surface area contributed by atoms with Crippen LogP contribution < -0.4 is 4.74 Å². The highest BCUT2D eigenvalue weighted by Crippen LogP contribution is 2.32. The summed E-state index contributed by atoms with van der Waals surface area (Å²) >= 11 is 0. The van der Waals surface area contributed by atoms with Crippen LogP contribution in [-0.4, -0.2) is 42.4 Å². The van der Waals surface area contributed by atoms with E-state index in [9.17, 15) is 26.4 Å². The number of halogens is 3. The maximum atomic E-state index is 13.0. The maximum Gasteiger partial charge on any atom is 0.416 e. The van der Waals surface area contributed by atoms with E-state index >= 15 is 0 Å². The quantitative estimate of drug-likeness (QED) is 0.437. The van der Waals surface area contributed by atoms with Gasteiger partial charge in [0.2, 0.25) is 0 Å². The summed E-state index contributed by atoms with van der Waals surface area (Å²) in [5.41, 5.74) is -0.191. The zero-order valence-electron chi connectivity index (χ0n) is 18.6. The summed E-state index contributed by atoms with van der Waals surface area (Å²) in [6.45, 7) is 3.21. The van der Waals surface area contributed by atoms with Crippen LogP contribution in [0.3, 0.4) is 0 Å². The van der Waals surface area contributed by atoms with Crippen LogP contribution in [-0.2, 0) is 38.3 Å². The smallest absolute Gasteiger partial charge is 0.416 e. The third-order valence-electron chi connectivity index (χ3n) is 4.89. The van der Waals surface area contributed by atoms with Gasteiger partial charge in [0.05, 0.1) is 17.1 Å². The minimum absolute atomic E-state index is 0.00268. The predicted molar refractivity (Wildman–Crippen MR) is 116 cm³/mol. The number of alkyl halides is 3. The molecule has 0 bridgehead atoms. The standard InChI is InChI=1S/C22H22F3N3O5S/c1-4-32-20(29)12-33-18-9-8-17(10-14(18)2)34(30,31)13-19-26-27-21(28(19)3)15-6-5-7-16(11-15)22(23,24)25/h5-11H,4,12-13H2,1-3H3. The second kappa shape index (κ2) is 9.84. The monoisotopic (exact) mass is 497 g/mol. The van der Waals surface area contributed by atoms with Crippen molar-refractivity contribution in [1.29, 1.82) is 0 Å². The lowest BCUT2D eigenvalue weighted by Crippen LogP contribution is -2.15. The Labute approximate surface area is 194 Å². The van der Waals surface area contributed by atoms with E-state index in [2.05, 4.69) is 10.2 Å². The zero-order chi connectivity index (χ0) is 25.1. The molecule has 0 N–H and O–H groups in total. The van der Waals surface area contributed by atoms with Gasteiger partial charge in [-0.25, -0.2) is 13.2 Å². The maximum absolute atomic E-state index is 13.0. The molecule has 0 atom stereocenters. The van der Waals surface area contributed by atoms with Crippen molar-refractivity contribution in [2.24, 2.45) is 7.05 Å². The Hall–Kier alpha value is -3.41. The van der Waals surface area contributed by atoms with Crippen molar-refractivity contribution in [1.82, 2.24) is 14.8 Å². The minimum atomic E-state index is -4.52. The molecule has 1 aromatic heterocycles. The van der Waals surface area contributed by atoms with Crippen LogP contribution in [0.1, 0.15) is 23.9 Å². The Morgan fingerprint density at radius 1 is 1.12 bits per heavy atom. The molecule has 0 saturated heterocycles. The molecule has 8 nitrogen and oxygen atoms in total. The average Bonchev–Trinajstić information content (AvgIpc) is 3.12. The Bertz CT molecular complexity index is 1300. The second-order valence-electron chi connectivity index (χ2n) is 7.36. The molecular formula is C22H22F3N3O5S. The Morgan fingerprint density at radius 2 is 1.85 bits per heavy atom. The first kappa shape index (κ1) is 25.2. The zero-order valence-corrected chi connectivity index (χ0v) is 19.4. The summed E-state index contributed by atoms with van der Waals surface area (Å²) in [5, 5.41) is 7.77. The number of aryl methyl sites for hydroxylation is 1. The molecule has 12 heteroatoms. The number of esters is 1. The van der Waals surface area contributed by atoms with E-state index in [1.54, 1.807) is 13.8 Å². The van der Waals surface area contributed by atoms with Crippen LogP contribution in [0.25, 0.3) is 11.4 Å². The van der Waals surface area contributed by atoms with Gasteiger partial charge in [0.1, 0.15) is 17.3 Å². The van der Waals surface area contributed by atoms with Gasteiger partial charge in [0.25, 0.3) is 0 Å². The van der Waals surface area contributed by atoms with Gasteiger partial charge >= 0.3 is 12.1 Å². The van der Waals surface area contributed by atoms with Crippen molar-refractivity contribution in [3.05, 3.63) is 59.4 Å². The Balaban J connectivity index is 1.81. The van der Waals surface area contributed by atoms with Crippen LogP contribution in [0.5, 0.6) is 5.75 Å². The van der Waals surface area contributed by atoms with Crippen molar-refractivity contribution in [2.45, 2.75) is 30.7 Å². The molecule has 3 aromatic rings. The summed E-state index contributed by atoms with van der Waals surface area (Å²) in [6, 6.07) is 8.74. The van der Waals surface area contributed by atoms with Gasteiger partial charge in [-0.15, -0.1) is 10.2 Å². The fraction of sp³-hybridized carbons (Fsp3) is 0.318. The van der Waals surface area contributed by atoms with Gasteiger partial charge in [-0.2, -0.15) is 13.2 Å². The molecular weight excluding hydrogens is 475 g/mol. The molecule has 0 spiro atoms. The number of benzene rings is 2. The molecule has 3 rings (SSSR count). The number of sulfone groups is 1. The molecule has 0 radical (unpaired) electrons. The summed E-state index contributed by atoms with van der Waals surface area (Å²) < 4.78 is 76.5. The van der Waals surface area contributed by atoms with Crippen LogP contribution in [0.4, 0.5) is 13.2 Å². The van der Waals surface area contributed by atoms with Crippen molar-refractivity contribution < 1.29 is 35.9 Å². The normalized spacial score (nSPS) is 11.9. The van der Waals surface area contributed by atoms with Gasteiger partial charge < -0.3 is 14.0 Å². The van der Waals surface area contributed by atoms with E-state index in [0.717, 1.165) is 12.1 Å². The predicted octanol–water partition coefficient (Wildman–Crippen LogP) is 3.73. The van der Waals surface area contributed by atoms with Gasteiger partial charge in [-0.05, 0) is 49.7 Å². The fourth-order valence-electron chi connectivity index (χ4n) is 3.14. The number of nitrogens with zero attached hydrogens (tertiary/aromatic N) is 3. The topological polar surface area (TPSA) is 100 Å². The molecule has 1 heterocycles. The lowest BCUT2D eigenvalue weighted by molar-refractivity contribution is -0.145. The van der Waals surface area contributed by atoms with Crippen LogP contribution in [0.15, 0.2) is 47.4 Å². The third-order valence-corrected chi connectivity index (χ3v) is 6.50. The first-order chi connectivity index (χ1) is 15.9. The minimum Gasteiger partial charge on any atom is -0.482 e. The van der Waals surface area contributed by atoms with Crippen molar-refractivity contribution in [3.8, 4) is 17.1 Å². The van der Waals surface area contributed by atoms with E-state index in [1.165, 1.54) is 41.9 Å². The highest BCUT2D eigenvalue weighted by atomic mass is 32.2. The van der Waals surface area contributed by atoms with Gasteiger partial charge in [0.15, 0.2) is 22.3 Å². The van der Waals surface area contributed by atoms with Crippen molar-refractivity contribution >= 4 is 15.8 Å². The average molecular weight is 497 g/mol. The number of aromatic nitrogens is 3. The number of carbonyl (C=O) groups excluding carboxylic acids is 1. The lowest BCUT2D eigenvalue weighted by atomic mass is 10.1. The molecule has 34 heavy (non-hydrogen) atoms. The Morgan fingerprint density at radius 3 is 2.50 bits per heavy atom. The number of carbonyl (C=O) groups is 1. The van der Waals surface area contributed by atoms with Gasteiger partial charge in [-0.1, -0.05) is 12.1 Å². The van der Waals surface area contributed by atoms with Crippen LogP contribution >= 0.6 is 0 Å². The van der Waals surface area contributed by atoms with Gasteiger partial charge in [-0.3, -0.25) is 0 Å². The largest absolute Gasteiger partial charge is 0.482 e. The number of ether oxygens (including phenoxy) is 2. The molecule has 0 aliphatic carbocycles. The summed E-state index contributed by atoms with van der Waals surface area (Å²) in [5.74, 6) is -0.560. The van der Waals surface area contributed by atoms with Gasteiger partial charge in [0, 0.05) is 12.6 Å². The van der Waals surface area contributed by atoms with E-state index in [0.29, 0.717) is 11.3 Å². The number of hydrogen-bond donors (Lipinski definition) is 0. The first-order valence-electron chi connectivity index (χ1n) is 10.1. The van der Waals surface area contributed by atoms with E-state index < -0.39 is 33.3 Å². The summed E-state index contributed by atoms with van der Waals surface area (Å²) in [4.78, 5) is 11.4. The molecule has 0 aliphatic heterocycles. The molecule has 0 amide bonds. The fourth-order valence-corrected chi connectivity index (χ4v) is 4.53. The third kappa shape index (κ3) is 5.74. The Kier molecular flexibility index (Phi) is 7.29. The highest BCUT2D eigenvalue weighted by molar-refractivity contribution is 7.90. The van der Waals surface area contributed by atoms with Crippen molar-refractivity contribution in [3.63, 3.8) is 0 Å².